The smallest absolute Gasteiger partial charge is 0.258 e. The first-order chi connectivity index (χ1) is 13.2. The molecule has 0 aromatic heterocycles. The van der Waals surface area contributed by atoms with E-state index in [0.29, 0.717) is 12.2 Å². The van der Waals surface area contributed by atoms with Gasteiger partial charge in [0.2, 0.25) is 5.91 Å². The number of anilines is 1. The van der Waals surface area contributed by atoms with Gasteiger partial charge in [-0.15, -0.1) is 11.8 Å². The van der Waals surface area contributed by atoms with Crippen LogP contribution in [0.1, 0.15) is 30.9 Å². The first-order valence-corrected chi connectivity index (χ1v) is 10.2. The van der Waals surface area contributed by atoms with Crippen LogP contribution in [-0.4, -0.2) is 30.7 Å². The predicted octanol–water partition coefficient (Wildman–Crippen LogP) is 3.55. The highest BCUT2D eigenvalue weighted by Gasteiger charge is 2.23. The Morgan fingerprint density at radius 2 is 2.11 bits per heavy atom. The summed E-state index contributed by atoms with van der Waals surface area (Å²) < 4.78 is 5.68. The Bertz CT molecular complexity index is 855. The number of nitrogens with zero attached hydrogens (tertiary/aromatic N) is 1. The quantitative estimate of drug-likeness (QED) is 0.859. The second kappa shape index (κ2) is 8.05. The molecule has 2 aliphatic heterocycles. The van der Waals surface area contributed by atoms with Gasteiger partial charge in [-0.3, -0.25) is 9.59 Å². The van der Waals surface area contributed by atoms with Gasteiger partial charge in [-0.1, -0.05) is 24.3 Å². The normalized spacial score (nSPS) is 18.9. The van der Waals surface area contributed by atoms with E-state index in [0.717, 1.165) is 30.8 Å². The van der Waals surface area contributed by atoms with Crippen LogP contribution in [0.2, 0.25) is 0 Å². The van der Waals surface area contributed by atoms with Crippen molar-refractivity contribution < 1.29 is 14.3 Å². The summed E-state index contributed by atoms with van der Waals surface area (Å²) in [5.74, 6) is 1.60. The standard InChI is InChI=1S/C21H22N2O3S/c24-20(22-18-10-12-27-19-8-2-1-7-17(18)19)14-26-16-6-3-5-15(13-16)23-11-4-9-21(23)25/h1-3,5-8,13,18H,4,9-12,14H2,(H,22,24). The Morgan fingerprint density at radius 1 is 1.22 bits per heavy atom. The van der Waals surface area contributed by atoms with Crippen molar-refractivity contribution in [3.05, 3.63) is 54.1 Å². The molecule has 1 unspecified atom stereocenters. The highest BCUT2D eigenvalue weighted by Crippen LogP contribution is 2.35. The van der Waals surface area contributed by atoms with Crippen molar-refractivity contribution in [2.24, 2.45) is 0 Å². The summed E-state index contributed by atoms with van der Waals surface area (Å²) in [6.07, 6.45) is 2.39. The van der Waals surface area contributed by atoms with Crippen LogP contribution < -0.4 is 15.0 Å². The molecule has 1 saturated heterocycles. The highest BCUT2D eigenvalue weighted by molar-refractivity contribution is 7.99. The third-order valence-corrected chi connectivity index (χ3v) is 5.99. The zero-order chi connectivity index (χ0) is 18.6. The molecule has 2 aliphatic rings. The summed E-state index contributed by atoms with van der Waals surface area (Å²) >= 11 is 1.83. The lowest BCUT2D eigenvalue weighted by atomic mass is 10.0. The number of nitrogens with one attached hydrogen (secondary N) is 1. The molecular weight excluding hydrogens is 360 g/mol. The predicted molar refractivity (Wildman–Crippen MR) is 106 cm³/mol. The van der Waals surface area contributed by atoms with Crippen molar-refractivity contribution in [2.45, 2.75) is 30.2 Å². The second-order valence-corrected chi connectivity index (χ2v) is 7.87. The van der Waals surface area contributed by atoms with Crippen LogP contribution in [0.4, 0.5) is 5.69 Å². The molecule has 1 N–H and O–H groups in total. The molecule has 2 aromatic rings. The average molecular weight is 382 g/mol. The number of amides is 2. The molecule has 0 spiro atoms. The maximum Gasteiger partial charge on any atom is 0.258 e. The van der Waals surface area contributed by atoms with E-state index in [1.807, 2.05) is 48.2 Å². The first-order valence-electron chi connectivity index (χ1n) is 9.25. The molecule has 0 bridgehead atoms. The van der Waals surface area contributed by atoms with E-state index >= 15 is 0 Å². The minimum atomic E-state index is -0.135. The molecule has 0 radical (unpaired) electrons. The lowest BCUT2D eigenvalue weighted by molar-refractivity contribution is -0.124. The molecule has 0 aliphatic carbocycles. The van der Waals surface area contributed by atoms with Gasteiger partial charge in [0.1, 0.15) is 5.75 Å². The van der Waals surface area contributed by atoms with E-state index in [9.17, 15) is 9.59 Å². The molecule has 1 fully saturated rings. The fourth-order valence-corrected chi connectivity index (χ4v) is 4.66. The Kier molecular flexibility index (Phi) is 5.34. The molecule has 6 heteroatoms. The maximum atomic E-state index is 12.4. The lowest BCUT2D eigenvalue weighted by Gasteiger charge is -2.25. The van der Waals surface area contributed by atoms with Crippen molar-refractivity contribution in [2.75, 3.05) is 23.8 Å². The Balaban J connectivity index is 1.36. The van der Waals surface area contributed by atoms with Gasteiger partial charge in [0.05, 0.1) is 6.04 Å². The highest BCUT2D eigenvalue weighted by atomic mass is 32.2. The van der Waals surface area contributed by atoms with Crippen LogP contribution in [0.15, 0.2) is 53.4 Å². The molecule has 27 heavy (non-hydrogen) atoms. The van der Waals surface area contributed by atoms with Crippen LogP contribution in [-0.2, 0) is 9.59 Å². The van der Waals surface area contributed by atoms with Gasteiger partial charge in [0.25, 0.3) is 5.91 Å². The largest absolute Gasteiger partial charge is 0.484 e. The van der Waals surface area contributed by atoms with Gasteiger partial charge in [0.15, 0.2) is 6.61 Å². The minimum absolute atomic E-state index is 0.0344. The van der Waals surface area contributed by atoms with Gasteiger partial charge in [-0.2, -0.15) is 0 Å². The van der Waals surface area contributed by atoms with Crippen LogP contribution in [0.3, 0.4) is 0 Å². The second-order valence-electron chi connectivity index (χ2n) is 6.73. The molecule has 2 aromatic carbocycles. The van der Waals surface area contributed by atoms with E-state index in [1.165, 1.54) is 10.5 Å². The van der Waals surface area contributed by atoms with Gasteiger partial charge < -0.3 is 15.0 Å². The van der Waals surface area contributed by atoms with Gasteiger partial charge in [-0.05, 0) is 36.6 Å². The van der Waals surface area contributed by atoms with Gasteiger partial charge >= 0.3 is 0 Å². The molecule has 5 nitrogen and oxygen atoms in total. The number of hydrogen-bond donors (Lipinski definition) is 1. The van der Waals surface area contributed by atoms with Crippen LogP contribution in [0.5, 0.6) is 5.75 Å². The maximum absolute atomic E-state index is 12.4. The molecule has 0 saturated carbocycles. The number of rotatable bonds is 5. The number of hydrogen-bond acceptors (Lipinski definition) is 4. The zero-order valence-corrected chi connectivity index (χ0v) is 15.8. The number of fused-ring (bicyclic) bond motifs is 1. The number of benzene rings is 2. The summed E-state index contributed by atoms with van der Waals surface area (Å²) in [6.45, 7) is 0.699. The van der Waals surface area contributed by atoms with Crippen LogP contribution >= 0.6 is 11.8 Å². The Morgan fingerprint density at radius 3 is 2.96 bits per heavy atom. The average Bonchev–Trinajstić information content (AvgIpc) is 3.13. The van der Waals surface area contributed by atoms with E-state index in [4.69, 9.17) is 4.74 Å². The van der Waals surface area contributed by atoms with E-state index in [-0.39, 0.29) is 24.5 Å². The Hall–Kier alpha value is -2.47. The zero-order valence-electron chi connectivity index (χ0n) is 15.0. The van der Waals surface area contributed by atoms with Crippen molar-refractivity contribution in [1.29, 1.82) is 0 Å². The number of thioether (sulfide) groups is 1. The van der Waals surface area contributed by atoms with Gasteiger partial charge in [0, 0.05) is 35.4 Å². The molecule has 2 amide bonds. The first kappa shape index (κ1) is 17.9. The number of ether oxygens (including phenoxy) is 1. The molecule has 2 heterocycles. The van der Waals surface area contributed by atoms with E-state index in [2.05, 4.69) is 17.4 Å². The monoisotopic (exact) mass is 382 g/mol. The Labute approximate surface area is 163 Å². The topological polar surface area (TPSA) is 58.6 Å². The fourth-order valence-electron chi connectivity index (χ4n) is 3.54. The van der Waals surface area contributed by atoms with Crippen molar-refractivity contribution >= 4 is 29.3 Å². The summed E-state index contributed by atoms with van der Waals surface area (Å²) in [4.78, 5) is 27.3. The molecule has 4 rings (SSSR count). The SMILES string of the molecule is O=C(COc1cccc(N2CCCC2=O)c1)NC1CCSc2ccccc21. The number of carbonyl (C=O) groups is 2. The number of carbonyl (C=O) groups excluding carboxylic acids is 2. The van der Waals surface area contributed by atoms with Crippen molar-refractivity contribution in [1.82, 2.24) is 5.32 Å². The lowest BCUT2D eigenvalue weighted by Crippen LogP contribution is -2.34. The van der Waals surface area contributed by atoms with Gasteiger partial charge in [-0.25, -0.2) is 0 Å². The summed E-state index contributed by atoms with van der Waals surface area (Å²) in [7, 11) is 0. The summed E-state index contributed by atoms with van der Waals surface area (Å²) in [6, 6.07) is 15.6. The fraction of sp³-hybridized carbons (Fsp3) is 0.333. The van der Waals surface area contributed by atoms with E-state index < -0.39 is 0 Å². The van der Waals surface area contributed by atoms with Crippen LogP contribution in [0, 0.1) is 0 Å². The summed E-state index contributed by atoms with van der Waals surface area (Å²) in [5, 5.41) is 3.08. The van der Waals surface area contributed by atoms with Crippen molar-refractivity contribution in [3.63, 3.8) is 0 Å². The minimum Gasteiger partial charge on any atom is -0.484 e. The van der Waals surface area contributed by atoms with E-state index in [1.54, 1.807) is 4.90 Å². The third kappa shape index (κ3) is 4.11. The van der Waals surface area contributed by atoms with Crippen molar-refractivity contribution in [3.8, 4) is 5.75 Å². The third-order valence-electron chi connectivity index (χ3n) is 4.87. The summed E-state index contributed by atoms with van der Waals surface area (Å²) in [5.41, 5.74) is 2.00. The van der Waals surface area contributed by atoms with Crippen LogP contribution in [0.25, 0.3) is 0 Å². The molecule has 1 atom stereocenters. The molecular formula is C21H22N2O3S. The molecule has 140 valence electrons.